The number of rotatable bonds is 12. The molecule has 1 aliphatic rings. The van der Waals surface area contributed by atoms with Gasteiger partial charge in [-0.2, -0.15) is 0 Å². The molecular formula is C30H35N4O10P. The van der Waals surface area contributed by atoms with Crippen LogP contribution in [0.1, 0.15) is 44.2 Å². The number of carbonyl (C=O) groups excluding carboxylic acids is 4. The molecule has 4 rings (SSSR count). The summed E-state index contributed by atoms with van der Waals surface area (Å²) in [5.74, 6) is -3.97. The predicted octanol–water partition coefficient (Wildman–Crippen LogP) is 1.94. The van der Waals surface area contributed by atoms with E-state index in [1.54, 1.807) is 62.4 Å². The number of amides is 4. The van der Waals surface area contributed by atoms with Crippen molar-refractivity contribution >= 4 is 53.7 Å². The summed E-state index contributed by atoms with van der Waals surface area (Å²) in [5, 5.41) is 15.8. The normalized spacial score (nSPS) is 16.2. The monoisotopic (exact) mass is 642 g/mol. The van der Waals surface area contributed by atoms with E-state index < -0.39 is 61.5 Å². The molecule has 0 aliphatic carbocycles. The lowest BCUT2D eigenvalue weighted by molar-refractivity contribution is -0.150. The molecule has 0 bridgehead atoms. The number of hydrogen-bond donors (Lipinski definition) is 6. The van der Waals surface area contributed by atoms with E-state index in [-0.39, 0.29) is 48.6 Å². The van der Waals surface area contributed by atoms with Crippen LogP contribution < -0.4 is 16.1 Å². The Morgan fingerprint density at radius 2 is 1.73 bits per heavy atom. The summed E-state index contributed by atoms with van der Waals surface area (Å²) >= 11 is 0. The number of H-pyrrole nitrogens is 1. The van der Waals surface area contributed by atoms with Gasteiger partial charge >= 0.3 is 19.7 Å². The van der Waals surface area contributed by atoms with Gasteiger partial charge in [-0.05, 0) is 36.0 Å². The number of nitrogens with zero attached hydrogens (tertiary/aromatic N) is 1. The number of fused-ring (bicyclic) bond motifs is 1. The molecule has 1 saturated heterocycles. The van der Waals surface area contributed by atoms with Crippen molar-refractivity contribution in [3.05, 3.63) is 65.7 Å². The van der Waals surface area contributed by atoms with Gasteiger partial charge in [-0.1, -0.05) is 62.4 Å². The molecule has 0 unspecified atom stereocenters. The number of carbonyl (C=O) groups is 5. The fourth-order valence-electron chi connectivity index (χ4n) is 5.23. The summed E-state index contributed by atoms with van der Waals surface area (Å²) in [4.78, 5) is 88.5. The average molecular weight is 643 g/mol. The quantitative estimate of drug-likeness (QED) is 0.158. The lowest BCUT2D eigenvalue weighted by atomic mass is 9.99. The van der Waals surface area contributed by atoms with Gasteiger partial charge in [0.05, 0.1) is 0 Å². The fourth-order valence-corrected chi connectivity index (χ4v) is 6.06. The summed E-state index contributed by atoms with van der Waals surface area (Å²) in [6.45, 7) is 3.20. The smallest absolute Gasteiger partial charge is 0.417 e. The number of aromatic amines is 1. The first-order valence-electron chi connectivity index (χ1n) is 14.3. The van der Waals surface area contributed by atoms with Crippen molar-refractivity contribution in [2.24, 2.45) is 5.92 Å². The van der Waals surface area contributed by atoms with Crippen molar-refractivity contribution in [1.29, 1.82) is 0 Å². The molecule has 14 nitrogen and oxygen atoms in total. The Bertz CT molecular complexity index is 1630. The molecule has 45 heavy (non-hydrogen) atoms. The van der Waals surface area contributed by atoms with Crippen molar-refractivity contribution in [3.63, 3.8) is 0 Å². The van der Waals surface area contributed by atoms with E-state index >= 15 is 0 Å². The van der Waals surface area contributed by atoms with Gasteiger partial charge in [0.25, 0.3) is 5.91 Å². The molecule has 4 amide bonds. The number of ether oxygens (including phenoxy) is 1. The van der Waals surface area contributed by atoms with Crippen molar-refractivity contribution < 1.29 is 48.2 Å². The maximum Gasteiger partial charge on any atom is 0.417 e. The second kappa shape index (κ2) is 14.1. The molecule has 0 radical (unpaired) electrons. The summed E-state index contributed by atoms with van der Waals surface area (Å²) in [6, 6.07) is 10.4. The van der Waals surface area contributed by atoms with Crippen LogP contribution in [0.25, 0.3) is 10.9 Å². The average Bonchev–Trinajstić information content (AvgIpc) is 3.59. The number of carboxylic acid groups (broad SMARTS) is 1. The Labute approximate surface area is 258 Å². The molecule has 0 spiro atoms. The fraction of sp³-hybridized carbons (Fsp3) is 0.367. The third-order valence-electron chi connectivity index (χ3n) is 7.35. The van der Waals surface area contributed by atoms with Crippen LogP contribution in [0, 0.1) is 5.92 Å². The summed E-state index contributed by atoms with van der Waals surface area (Å²) in [6.07, 6.45) is -1.70. The van der Waals surface area contributed by atoms with Gasteiger partial charge in [0.1, 0.15) is 30.2 Å². The number of nitrogens with one attached hydrogen (secondary N) is 3. The maximum atomic E-state index is 14.2. The molecule has 2 aromatic carbocycles. The first-order chi connectivity index (χ1) is 21.3. The van der Waals surface area contributed by atoms with Gasteiger partial charge in [-0.3, -0.25) is 18.9 Å². The van der Waals surface area contributed by atoms with Gasteiger partial charge in [-0.15, -0.1) is 0 Å². The Balaban J connectivity index is 1.75. The third kappa shape index (κ3) is 8.15. The third-order valence-corrected chi connectivity index (χ3v) is 8.31. The maximum absolute atomic E-state index is 14.2. The standard InChI is InChI=1S/C30H35N4O10P/c1-17(2)14-23(32-26(36)22-12-13-25(35)31-22)28(37)34(30(40)44-16-18-8-4-3-5-9-18)24(29(38)39)15-20-19-10-6-7-11-21(19)33-27(20)45(41,42)43/h3-11,17,22-24,33H,12-16H2,1-2H3,(H,31,35)(H,32,36)(H,38,39)(H2,41,42,43)/t22-,23-,24-/m0/s1. The minimum atomic E-state index is -4.98. The molecule has 6 N–H and O–H groups in total. The van der Waals surface area contributed by atoms with E-state index in [2.05, 4.69) is 15.6 Å². The van der Waals surface area contributed by atoms with Crippen LogP contribution in [0.5, 0.6) is 0 Å². The van der Waals surface area contributed by atoms with E-state index in [1.807, 2.05) is 0 Å². The van der Waals surface area contributed by atoms with E-state index in [4.69, 9.17) is 4.74 Å². The van der Waals surface area contributed by atoms with Crippen molar-refractivity contribution in [1.82, 2.24) is 20.5 Å². The van der Waals surface area contributed by atoms with E-state index in [0.29, 0.717) is 16.0 Å². The van der Waals surface area contributed by atoms with Crippen molar-refractivity contribution in [2.45, 2.75) is 64.3 Å². The zero-order valence-electron chi connectivity index (χ0n) is 24.6. The van der Waals surface area contributed by atoms with Crippen LogP contribution in [-0.4, -0.2) is 72.7 Å². The van der Waals surface area contributed by atoms with E-state index in [0.717, 1.165) is 0 Å². The van der Waals surface area contributed by atoms with Gasteiger partial charge < -0.3 is 35.2 Å². The number of imide groups is 1. The summed E-state index contributed by atoms with van der Waals surface area (Å²) in [5.41, 5.74) is 0.208. The Kier molecular flexibility index (Phi) is 10.4. The number of aliphatic carboxylic acids is 1. The van der Waals surface area contributed by atoms with Crippen molar-refractivity contribution in [2.75, 3.05) is 0 Å². The highest BCUT2D eigenvalue weighted by molar-refractivity contribution is 7.60. The van der Waals surface area contributed by atoms with Crippen LogP contribution in [0.4, 0.5) is 4.79 Å². The molecule has 15 heteroatoms. The topological polar surface area (TPSA) is 215 Å². The lowest BCUT2D eigenvalue weighted by Gasteiger charge is -2.31. The second-order valence-corrected chi connectivity index (χ2v) is 12.7. The predicted molar refractivity (Wildman–Crippen MR) is 161 cm³/mol. The first kappa shape index (κ1) is 33.4. The number of carboxylic acids is 1. The second-order valence-electron chi connectivity index (χ2n) is 11.2. The number of aromatic nitrogens is 1. The Hall–Kier alpha value is -4.52. The highest BCUT2D eigenvalue weighted by Gasteiger charge is 2.42. The zero-order valence-corrected chi connectivity index (χ0v) is 25.5. The summed E-state index contributed by atoms with van der Waals surface area (Å²) < 4.78 is 17.8. The Morgan fingerprint density at radius 3 is 2.33 bits per heavy atom. The highest BCUT2D eigenvalue weighted by Crippen LogP contribution is 2.37. The van der Waals surface area contributed by atoms with Crippen LogP contribution in [-0.2, 0) is 41.5 Å². The van der Waals surface area contributed by atoms with Gasteiger partial charge in [0.2, 0.25) is 11.8 Å². The molecule has 2 heterocycles. The number of para-hydroxylation sites is 1. The molecule has 0 saturated carbocycles. The van der Waals surface area contributed by atoms with Crippen molar-refractivity contribution in [3.8, 4) is 0 Å². The summed E-state index contributed by atoms with van der Waals surface area (Å²) in [7, 11) is -4.98. The SMILES string of the molecule is CC(C)C[C@H](NC(=O)[C@@H]1CCC(=O)N1)C(=O)N(C(=O)OCc1ccccc1)[C@@H](Cc1c(P(=O)(O)O)[nH]c2ccccc12)C(=O)O. The van der Waals surface area contributed by atoms with Gasteiger partial charge in [0, 0.05) is 23.7 Å². The molecule has 1 fully saturated rings. The van der Waals surface area contributed by atoms with Crippen LogP contribution in [0.2, 0.25) is 0 Å². The molecule has 1 aromatic heterocycles. The van der Waals surface area contributed by atoms with E-state index in [9.17, 15) is 43.4 Å². The number of benzene rings is 2. The molecule has 240 valence electrons. The van der Waals surface area contributed by atoms with E-state index in [1.165, 1.54) is 6.07 Å². The van der Waals surface area contributed by atoms with Gasteiger partial charge in [0.15, 0.2) is 0 Å². The molecule has 3 aromatic rings. The lowest BCUT2D eigenvalue weighted by Crippen LogP contribution is -2.58. The molecular weight excluding hydrogens is 607 g/mol. The van der Waals surface area contributed by atoms with Crippen LogP contribution in [0.15, 0.2) is 54.6 Å². The largest absolute Gasteiger partial charge is 0.480 e. The minimum absolute atomic E-state index is 0.000855. The van der Waals surface area contributed by atoms with Crippen LogP contribution >= 0.6 is 7.60 Å². The number of hydrogen-bond acceptors (Lipinski definition) is 7. The Morgan fingerprint density at radius 1 is 1.07 bits per heavy atom. The highest BCUT2D eigenvalue weighted by atomic mass is 31.2. The molecule has 3 atom stereocenters. The van der Waals surface area contributed by atoms with Gasteiger partial charge in [-0.25, -0.2) is 14.5 Å². The first-order valence-corrected chi connectivity index (χ1v) is 15.9. The van der Waals surface area contributed by atoms with Crippen LogP contribution in [0.3, 0.4) is 0 Å². The molecule has 1 aliphatic heterocycles. The zero-order chi connectivity index (χ0) is 32.9. The minimum Gasteiger partial charge on any atom is -0.480 e.